The third kappa shape index (κ3) is 12.7. The van der Waals surface area contributed by atoms with Crippen molar-refractivity contribution in [1.29, 1.82) is 0 Å². The van der Waals surface area contributed by atoms with Gasteiger partial charge < -0.3 is 34.8 Å². The summed E-state index contributed by atoms with van der Waals surface area (Å²) in [6, 6.07) is 55.5. The monoisotopic (exact) mass is 1110 g/mol. The van der Waals surface area contributed by atoms with Gasteiger partial charge >= 0.3 is 18.2 Å². The van der Waals surface area contributed by atoms with Crippen molar-refractivity contribution in [3.8, 4) is 5.75 Å². The fraction of sp³-hybridized carbons (Fsp3) is 0.174. The molecule has 2 amide bonds. The van der Waals surface area contributed by atoms with Crippen LogP contribution in [0.1, 0.15) is 104 Å². The Bertz CT molecular complexity index is 4010. The first-order chi connectivity index (χ1) is 40.2. The number of aromatic nitrogens is 2. The van der Waals surface area contributed by atoms with Crippen LogP contribution in [0.4, 0.5) is 9.59 Å². The summed E-state index contributed by atoms with van der Waals surface area (Å²) in [5.74, 6) is -3.30. The molecule has 1 aliphatic rings. The van der Waals surface area contributed by atoms with E-state index < -0.39 is 18.0 Å². The number of H-pyrrole nitrogens is 1. The minimum absolute atomic E-state index is 0.0101. The number of carbonyl (C=O) groups is 6. The number of rotatable bonds is 15. The van der Waals surface area contributed by atoms with Crippen LogP contribution in [0.5, 0.6) is 5.75 Å². The van der Waals surface area contributed by atoms with Gasteiger partial charge in [-0.2, -0.15) is 0 Å². The average molecular weight is 1110 g/mol. The summed E-state index contributed by atoms with van der Waals surface area (Å²) < 4.78 is 5.58. The quantitative estimate of drug-likeness (QED) is 0.0561. The number of hydrogen-bond acceptors (Lipinski definition) is 9. The van der Waals surface area contributed by atoms with E-state index in [9.17, 15) is 44.1 Å². The molecule has 418 valence electrons. The number of carboxylic acid groups (broad SMARTS) is 2. The van der Waals surface area contributed by atoms with E-state index in [2.05, 4.69) is 70.6 Å². The maximum atomic E-state index is 13.3. The highest BCUT2D eigenvalue weighted by atomic mass is 16.6. The van der Waals surface area contributed by atoms with Crippen LogP contribution in [0, 0.1) is 0 Å². The number of amides is 2. The molecule has 1 aromatic heterocycles. The summed E-state index contributed by atoms with van der Waals surface area (Å²) in [4.78, 5) is 84.0. The zero-order chi connectivity index (χ0) is 58.7. The standard InChI is InChI=1S/C29H20N2O6.2C20H21NO2/c32-24-8-4-1-5-17(24)10-12-25(33)22(23-15-30-28(31-23)29(36)37)14-16-9-11-20-21(13-16)27(35)19-7-3-2-6-18(19)26(20)34;1-3-21(20(22)23)14(2)12-19-17-10-6-4-8-15(17)13-16-9-5-7-11-18(16)19;1-3-21(4-2)20(22)23-14-19-17-11-7-5-9-15(17)13-16-10-6-8-12-18(16)19/h1-13,15,22,32H,14H2,(H,30,31)(H,36,37);4-11,13-14H,3,12H2,1-2H3,(H,22,23);5-13H,3-4,14H2,1-2H3/b12-10+;;. The van der Waals surface area contributed by atoms with E-state index in [4.69, 9.17) is 4.74 Å². The Balaban J connectivity index is 0.000000157. The van der Waals surface area contributed by atoms with Crippen molar-refractivity contribution in [3.63, 3.8) is 0 Å². The predicted octanol–water partition coefficient (Wildman–Crippen LogP) is 14.1. The van der Waals surface area contributed by atoms with Gasteiger partial charge in [0.2, 0.25) is 5.82 Å². The number of nitrogens with zero attached hydrogens (tertiary/aromatic N) is 3. The molecule has 0 spiro atoms. The minimum Gasteiger partial charge on any atom is -0.507 e. The molecule has 14 heteroatoms. The van der Waals surface area contributed by atoms with Gasteiger partial charge in [0, 0.05) is 70.9 Å². The van der Waals surface area contributed by atoms with Gasteiger partial charge in [-0.3, -0.25) is 14.4 Å². The number of benzene rings is 9. The molecule has 4 N–H and O–H groups in total. The van der Waals surface area contributed by atoms with Gasteiger partial charge in [0.15, 0.2) is 17.3 Å². The highest BCUT2D eigenvalue weighted by Gasteiger charge is 2.31. The maximum Gasteiger partial charge on any atom is 0.410 e. The molecule has 1 aliphatic carbocycles. The molecule has 14 nitrogen and oxygen atoms in total. The number of phenols is 1. The first kappa shape index (κ1) is 57.5. The number of carbonyl (C=O) groups excluding carboxylic acids is 4. The van der Waals surface area contributed by atoms with Gasteiger partial charge in [0.05, 0.1) is 5.92 Å². The van der Waals surface area contributed by atoms with Crippen LogP contribution in [0.3, 0.4) is 0 Å². The zero-order valence-corrected chi connectivity index (χ0v) is 46.4. The van der Waals surface area contributed by atoms with Crippen LogP contribution >= 0.6 is 0 Å². The lowest BCUT2D eigenvalue weighted by Crippen LogP contribution is -2.38. The number of fused-ring (bicyclic) bond motifs is 6. The number of ether oxygens (including phenoxy) is 1. The number of imidazole rings is 1. The first-order valence-corrected chi connectivity index (χ1v) is 27.5. The van der Waals surface area contributed by atoms with Gasteiger partial charge in [-0.05, 0) is 131 Å². The van der Waals surface area contributed by atoms with E-state index in [1.807, 2.05) is 76.2 Å². The number of nitrogens with one attached hydrogen (secondary N) is 1. The van der Waals surface area contributed by atoms with Crippen molar-refractivity contribution in [3.05, 3.63) is 244 Å². The Hall–Kier alpha value is -10.2. The van der Waals surface area contributed by atoms with E-state index in [0.717, 1.165) is 16.3 Å². The Labute approximate surface area is 479 Å². The number of carboxylic acids is 1. The minimum atomic E-state index is -1.27. The number of ketones is 3. The third-order valence-electron chi connectivity index (χ3n) is 15.1. The molecule has 0 aliphatic heterocycles. The number of aromatic carboxylic acids is 1. The molecule has 0 saturated heterocycles. The summed E-state index contributed by atoms with van der Waals surface area (Å²) >= 11 is 0. The summed E-state index contributed by atoms with van der Waals surface area (Å²) in [7, 11) is 0. The topological polar surface area (TPSA) is 207 Å². The summed E-state index contributed by atoms with van der Waals surface area (Å²) in [5.41, 5.74) is 4.88. The second-order valence-electron chi connectivity index (χ2n) is 20.1. The Morgan fingerprint density at radius 1 is 0.590 bits per heavy atom. The third-order valence-corrected chi connectivity index (χ3v) is 15.1. The smallest absolute Gasteiger partial charge is 0.410 e. The molecule has 11 rings (SSSR count). The van der Waals surface area contributed by atoms with Crippen molar-refractivity contribution < 1.29 is 48.8 Å². The molecule has 83 heavy (non-hydrogen) atoms. The van der Waals surface area contributed by atoms with Crippen molar-refractivity contribution in [2.24, 2.45) is 0 Å². The molecule has 1 heterocycles. The average Bonchev–Trinajstić information content (AvgIpc) is 4.19. The number of hydrogen-bond donors (Lipinski definition) is 4. The molecular formula is C69H62N4O10. The highest BCUT2D eigenvalue weighted by Crippen LogP contribution is 2.33. The first-order valence-electron chi connectivity index (χ1n) is 27.5. The number of likely N-dealkylation sites (N-methyl/N-ethyl adjacent to an activating group) is 1. The normalized spacial score (nSPS) is 12.4. The Morgan fingerprint density at radius 2 is 1.08 bits per heavy atom. The van der Waals surface area contributed by atoms with Gasteiger partial charge in [0.1, 0.15) is 12.4 Å². The SMILES string of the molecule is CCN(C(=O)O)C(C)Cc1c2ccccc2cc2ccccc12.CCN(CC)C(=O)OCc1c2ccccc2cc2ccccc12.O=C(O)c1ncc(C(Cc2ccc3c(c2)C(=O)c2ccccc2C3=O)C(=O)/C=C/c2ccccc2O)[nH]1. The molecule has 0 fully saturated rings. The van der Waals surface area contributed by atoms with E-state index in [0.29, 0.717) is 53.9 Å². The molecule has 9 aromatic carbocycles. The van der Waals surface area contributed by atoms with Gasteiger partial charge in [-0.25, -0.2) is 19.4 Å². The Morgan fingerprint density at radius 3 is 1.59 bits per heavy atom. The molecule has 2 unspecified atom stereocenters. The molecule has 0 radical (unpaired) electrons. The molecular weight excluding hydrogens is 1040 g/mol. The van der Waals surface area contributed by atoms with Crippen molar-refractivity contribution in [2.75, 3.05) is 19.6 Å². The number of phenolic OH excluding ortho intramolecular Hbond substituents is 1. The van der Waals surface area contributed by atoms with Crippen LogP contribution in [-0.2, 0) is 29.0 Å². The van der Waals surface area contributed by atoms with Crippen molar-refractivity contribution in [2.45, 2.75) is 59.1 Å². The van der Waals surface area contributed by atoms with Crippen molar-refractivity contribution >= 4 is 84.7 Å². The zero-order valence-electron chi connectivity index (χ0n) is 46.4. The second kappa shape index (κ2) is 25.9. The summed E-state index contributed by atoms with van der Waals surface area (Å²) in [6.07, 6.45) is 3.79. The predicted molar refractivity (Wildman–Crippen MR) is 323 cm³/mol. The summed E-state index contributed by atoms with van der Waals surface area (Å²) in [6.45, 7) is 9.88. The van der Waals surface area contributed by atoms with E-state index >= 15 is 0 Å². The van der Waals surface area contributed by atoms with E-state index in [1.165, 1.54) is 67.2 Å². The number of aromatic hydroxyl groups is 1. The van der Waals surface area contributed by atoms with Gasteiger partial charge in [-0.1, -0.05) is 152 Å². The molecule has 0 bridgehead atoms. The molecule has 0 saturated carbocycles. The second-order valence-corrected chi connectivity index (χ2v) is 20.1. The maximum absolute atomic E-state index is 13.3. The van der Waals surface area contributed by atoms with Crippen LogP contribution < -0.4 is 0 Å². The van der Waals surface area contributed by atoms with Crippen LogP contribution in [0.15, 0.2) is 188 Å². The highest BCUT2D eigenvalue weighted by molar-refractivity contribution is 6.28. The number of aromatic amines is 1. The lowest BCUT2D eigenvalue weighted by Gasteiger charge is -2.26. The fourth-order valence-electron chi connectivity index (χ4n) is 10.8. The summed E-state index contributed by atoms with van der Waals surface area (Å²) in [5, 5.41) is 38.1. The number of para-hydroxylation sites is 1. The van der Waals surface area contributed by atoms with E-state index in [-0.39, 0.29) is 65.3 Å². The van der Waals surface area contributed by atoms with Crippen molar-refractivity contribution in [1.82, 2.24) is 19.8 Å². The molecule has 10 aromatic rings. The lowest BCUT2D eigenvalue weighted by atomic mass is 9.82. The number of allylic oxidation sites excluding steroid dienone is 1. The van der Waals surface area contributed by atoms with Gasteiger partial charge in [0.25, 0.3) is 0 Å². The molecule has 2 atom stereocenters. The van der Waals surface area contributed by atoms with Crippen LogP contribution in [-0.4, -0.2) is 96.3 Å². The van der Waals surface area contributed by atoms with Crippen LogP contribution in [0.2, 0.25) is 0 Å². The van der Waals surface area contributed by atoms with E-state index in [1.54, 1.807) is 65.6 Å². The fourth-order valence-corrected chi connectivity index (χ4v) is 10.8. The van der Waals surface area contributed by atoms with Gasteiger partial charge in [-0.15, -0.1) is 0 Å². The van der Waals surface area contributed by atoms with Crippen LogP contribution in [0.25, 0.3) is 49.2 Å². The lowest BCUT2D eigenvalue weighted by molar-refractivity contribution is -0.116. The Kier molecular flexibility index (Phi) is 18.0. The largest absolute Gasteiger partial charge is 0.507 e.